The van der Waals surface area contributed by atoms with Crippen molar-refractivity contribution < 1.29 is 66.2 Å². The number of halogens is 1. The molecule has 1 rings (SSSR count). The molecule has 0 heterocycles. The standard InChI is InChI=1S/C7H3BrN3O6.K/c8-4-2-1-3-5(9(12)13)6(4)7(10(14)15)11(16)17;/h1-3H;/q-1;+1. The van der Waals surface area contributed by atoms with Gasteiger partial charge in [-0.15, -0.1) is 22.0 Å². The molecule has 0 spiro atoms. The van der Waals surface area contributed by atoms with Crippen molar-refractivity contribution in [2.24, 2.45) is 0 Å². The summed E-state index contributed by atoms with van der Waals surface area (Å²) in [6.07, 6.45) is -1.44. The fraction of sp³-hybridized carbons (Fsp3) is 0. The molecular weight excluding hydrogens is 341 g/mol. The molecule has 18 heavy (non-hydrogen) atoms. The predicted octanol–water partition coefficient (Wildman–Crippen LogP) is -1.25. The first-order valence-electron chi connectivity index (χ1n) is 3.95. The summed E-state index contributed by atoms with van der Waals surface area (Å²) in [5.41, 5.74) is -1.37. The topological polar surface area (TPSA) is 129 Å². The van der Waals surface area contributed by atoms with Gasteiger partial charge < -0.3 is 0 Å². The molecule has 0 saturated carbocycles. The zero-order chi connectivity index (χ0) is 13.2. The molecule has 11 heteroatoms. The molecule has 0 amide bonds. The Hall–Kier alpha value is -0.594. The van der Waals surface area contributed by atoms with E-state index >= 15 is 0 Å². The summed E-state index contributed by atoms with van der Waals surface area (Å²) in [6, 6.07) is 3.45. The fourth-order valence-electron chi connectivity index (χ4n) is 1.14. The Morgan fingerprint density at radius 1 is 1.06 bits per heavy atom. The summed E-state index contributed by atoms with van der Waals surface area (Å²) in [7, 11) is 0. The summed E-state index contributed by atoms with van der Waals surface area (Å²) in [4.78, 5) is 28.3. The van der Waals surface area contributed by atoms with Gasteiger partial charge in [-0.05, 0) is 6.07 Å². The van der Waals surface area contributed by atoms with Gasteiger partial charge >= 0.3 is 57.6 Å². The van der Waals surface area contributed by atoms with Gasteiger partial charge in [0.05, 0.1) is 15.4 Å². The van der Waals surface area contributed by atoms with Crippen LogP contribution < -0.4 is 51.4 Å². The van der Waals surface area contributed by atoms with E-state index in [1.165, 1.54) is 12.1 Å². The van der Waals surface area contributed by atoms with Crippen LogP contribution in [0.3, 0.4) is 0 Å². The Balaban J connectivity index is 0.00000289. The van der Waals surface area contributed by atoms with Gasteiger partial charge in [0.2, 0.25) is 0 Å². The van der Waals surface area contributed by atoms with E-state index in [1.807, 2.05) is 0 Å². The first-order chi connectivity index (χ1) is 7.86. The molecule has 0 unspecified atom stereocenters. The number of benzene rings is 1. The van der Waals surface area contributed by atoms with Gasteiger partial charge in [-0.3, -0.25) is 30.3 Å². The third-order valence-electron chi connectivity index (χ3n) is 1.76. The van der Waals surface area contributed by atoms with Crippen LogP contribution in [-0.4, -0.2) is 14.8 Å². The quantitative estimate of drug-likeness (QED) is 0.290. The van der Waals surface area contributed by atoms with Crippen molar-refractivity contribution in [1.29, 1.82) is 0 Å². The monoisotopic (exact) mass is 343 g/mol. The van der Waals surface area contributed by atoms with E-state index in [2.05, 4.69) is 15.9 Å². The number of hydrogen-bond donors (Lipinski definition) is 0. The third kappa shape index (κ3) is 3.70. The van der Waals surface area contributed by atoms with E-state index in [0.29, 0.717) is 0 Å². The Morgan fingerprint density at radius 3 is 1.94 bits per heavy atom. The summed E-state index contributed by atoms with van der Waals surface area (Å²) < 4.78 is -0.0879. The van der Waals surface area contributed by atoms with Gasteiger partial charge in [0.1, 0.15) is 0 Å². The molecule has 1 aromatic carbocycles. The molecular formula is C7H3BrKN3O6. The minimum absolute atomic E-state index is 0. The van der Waals surface area contributed by atoms with Crippen molar-refractivity contribution in [2.45, 2.75) is 0 Å². The largest absolute Gasteiger partial charge is 1.00 e. The SMILES string of the molecule is O=[N+]([O-])c1cccc(Br)c1[C-]([N+](=O)[O-])[N+](=O)[O-].[K+]. The summed E-state index contributed by atoms with van der Waals surface area (Å²) in [6.45, 7) is 0. The second-order valence-electron chi connectivity index (χ2n) is 2.73. The summed E-state index contributed by atoms with van der Waals surface area (Å²) in [5.74, 6) is 0. The van der Waals surface area contributed by atoms with Crippen LogP contribution in [0.5, 0.6) is 0 Å². The van der Waals surface area contributed by atoms with Crippen molar-refractivity contribution in [3.63, 3.8) is 0 Å². The number of nitro groups is 3. The van der Waals surface area contributed by atoms with E-state index in [4.69, 9.17) is 0 Å². The zero-order valence-corrected chi connectivity index (χ0v) is 13.6. The molecule has 9 nitrogen and oxygen atoms in total. The minimum atomic E-state index is -1.44. The van der Waals surface area contributed by atoms with Gasteiger partial charge in [-0.2, -0.15) is 0 Å². The Bertz CT molecular complexity index is 496. The molecule has 0 aliphatic carbocycles. The maximum atomic E-state index is 10.6. The summed E-state index contributed by atoms with van der Waals surface area (Å²) >= 11 is 2.82. The maximum absolute atomic E-state index is 10.6. The van der Waals surface area contributed by atoms with E-state index in [0.717, 1.165) is 6.07 Å². The van der Waals surface area contributed by atoms with Crippen LogP contribution in [0, 0.1) is 36.5 Å². The van der Waals surface area contributed by atoms with Crippen molar-refractivity contribution in [3.05, 3.63) is 64.7 Å². The van der Waals surface area contributed by atoms with Gasteiger partial charge in [0, 0.05) is 4.92 Å². The second kappa shape index (κ2) is 7.11. The van der Waals surface area contributed by atoms with Crippen LogP contribution in [-0.2, 0) is 0 Å². The van der Waals surface area contributed by atoms with Crippen LogP contribution >= 0.6 is 15.9 Å². The Labute approximate surface area is 151 Å². The average Bonchev–Trinajstić information content (AvgIpc) is 2.19. The maximum Gasteiger partial charge on any atom is 1.00 e. The predicted molar refractivity (Wildman–Crippen MR) is 57.1 cm³/mol. The number of nitro benzene ring substituents is 1. The van der Waals surface area contributed by atoms with Gasteiger partial charge in [0.25, 0.3) is 0 Å². The molecule has 0 aliphatic rings. The first kappa shape index (κ1) is 17.4. The molecule has 0 N–H and O–H groups in total. The summed E-state index contributed by atoms with van der Waals surface area (Å²) in [5, 5.41) is 31.8. The van der Waals surface area contributed by atoms with Crippen LogP contribution in [0.1, 0.15) is 5.56 Å². The minimum Gasteiger partial charge on any atom is -0.270 e. The van der Waals surface area contributed by atoms with Crippen LogP contribution in [0.4, 0.5) is 5.69 Å². The van der Waals surface area contributed by atoms with Crippen molar-refractivity contribution in [1.82, 2.24) is 0 Å². The van der Waals surface area contributed by atoms with Crippen molar-refractivity contribution >= 4 is 21.6 Å². The van der Waals surface area contributed by atoms with Gasteiger partial charge in [0.15, 0.2) is 5.69 Å². The molecule has 0 bridgehead atoms. The zero-order valence-electron chi connectivity index (χ0n) is 8.90. The van der Waals surface area contributed by atoms with E-state index < -0.39 is 32.2 Å². The fourth-order valence-corrected chi connectivity index (χ4v) is 1.67. The smallest absolute Gasteiger partial charge is 0.270 e. The molecule has 1 aromatic rings. The second-order valence-corrected chi connectivity index (χ2v) is 3.58. The molecule has 90 valence electrons. The first-order valence-corrected chi connectivity index (χ1v) is 4.74. The Morgan fingerprint density at radius 2 is 1.56 bits per heavy atom. The third-order valence-corrected chi connectivity index (χ3v) is 2.42. The molecule has 0 aliphatic heterocycles. The number of hydrogen-bond acceptors (Lipinski definition) is 6. The van der Waals surface area contributed by atoms with E-state index in [1.54, 1.807) is 0 Å². The van der Waals surface area contributed by atoms with E-state index in [9.17, 15) is 30.3 Å². The van der Waals surface area contributed by atoms with Crippen molar-refractivity contribution in [2.75, 3.05) is 0 Å². The van der Waals surface area contributed by atoms with Gasteiger partial charge in [-0.1, -0.05) is 10.5 Å². The average molecular weight is 344 g/mol. The molecule has 0 atom stereocenters. The van der Waals surface area contributed by atoms with Crippen LogP contribution in [0.25, 0.3) is 0 Å². The van der Waals surface area contributed by atoms with Gasteiger partial charge in [-0.25, -0.2) is 0 Å². The molecule has 0 aromatic heterocycles. The van der Waals surface area contributed by atoms with Crippen LogP contribution in [0.2, 0.25) is 0 Å². The normalized spacial score (nSPS) is 9.17. The van der Waals surface area contributed by atoms with E-state index in [-0.39, 0.29) is 55.9 Å². The van der Waals surface area contributed by atoms with Crippen LogP contribution in [0.15, 0.2) is 22.7 Å². The Kier molecular flexibility index (Phi) is 6.87. The molecule has 0 radical (unpaired) electrons. The van der Waals surface area contributed by atoms with Crippen molar-refractivity contribution in [3.8, 4) is 0 Å². The molecule has 0 fully saturated rings. The number of nitrogens with zero attached hydrogens (tertiary/aromatic N) is 3. The number of rotatable bonds is 4. The molecule has 0 saturated heterocycles.